The van der Waals surface area contributed by atoms with Gasteiger partial charge in [0.25, 0.3) is 5.91 Å². The zero-order valence-corrected chi connectivity index (χ0v) is 17.6. The summed E-state index contributed by atoms with van der Waals surface area (Å²) in [5.41, 5.74) is 5.62. The van der Waals surface area contributed by atoms with Crippen LogP contribution in [0, 0.1) is 0 Å². The highest BCUT2D eigenvalue weighted by molar-refractivity contribution is 8.14. The van der Waals surface area contributed by atoms with E-state index in [4.69, 9.17) is 15.2 Å². The van der Waals surface area contributed by atoms with E-state index in [1.807, 2.05) is 30.3 Å². The molecule has 3 rings (SSSR count). The Hall–Kier alpha value is -3.08. The van der Waals surface area contributed by atoms with Gasteiger partial charge in [0.15, 0.2) is 10.9 Å². The average molecular weight is 433 g/mol. The number of nitrogens with zero attached hydrogens (tertiary/aromatic N) is 3. The fraction of sp³-hybridized carbons (Fsp3) is 0.421. The van der Waals surface area contributed by atoms with Crippen molar-refractivity contribution in [3.63, 3.8) is 0 Å². The molecule has 0 saturated heterocycles. The van der Waals surface area contributed by atoms with Gasteiger partial charge in [-0.2, -0.15) is 5.10 Å². The van der Waals surface area contributed by atoms with E-state index in [2.05, 4.69) is 15.4 Å². The van der Waals surface area contributed by atoms with Crippen LogP contribution in [-0.2, 0) is 25.7 Å². The fourth-order valence-electron chi connectivity index (χ4n) is 2.81. The average Bonchev–Trinajstić information content (AvgIpc) is 3.19. The SMILES string of the molecule is CC(C)(C)OC(=O)CN1N=C(C(N)=O)C2N=C(NC(=O)OCc3ccccc3)SC21. The largest absolute Gasteiger partial charge is 0.459 e. The Morgan fingerprint density at radius 3 is 2.57 bits per heavy atom. The molecule has 0 saturated carbocycles. The molecular weight excluding hydrogens is 410 g/mol. The lowest BCUT2D eigenvalue weighted by atomic mass is 10.2. The predicted octanol–water partition coefficient (Wildman–Crippen LogP) is 1.21. The number of nitrogens with two attached hydrogens (primary N) is 1. The van der Waals surface area contributed by atoms with Gasteiger partial charge in [0.1, 0.15) is 30.2 Å². The van der Waals surface area contributed by atoms with Gasteiger partial charge >= 0.3 is 12.1 Å². The summed E-state index contributed by atoms with van der Waals surface area (Å²) in [6.07, 6.45) is -0.679. The number of amidine groups is 1. The van der Waals surface area contributed by atoms with Gasteiger partial charge in [-0.1, -0.05) is 42.1 Å². The highest BCUT2D eigenvalue weighted by atomic mass is 32.2. The van der Waals surface area contributed by atoms with Crippen LogP contribution in [-0.4, -0.2) is 57.4 Å². The number of carbonyl (C=O) groups excluding carboxylic acids is 3. The molecule has 0 aromatic heterocycles. The molecule has 3 N–H and O–H groups in total. The monoisotopic (exact) mass is 433 g/mol. The quantitative estimate of drug-likeness (QED) is 0.666. The second kappa shape index (κ2) is 8.74. The fourth-order valence-corrected chi connectivity index (χ4v) is 3.92. The number of hydrazone groups is 1. The van der Waals surface area contributed by atoms with E-state index in [9.17, 15) is 14.4 Å². The van der Waals surface area contributed by atoms with Gasteiger partial charge in [0.05, 0.1) is 0 Å². The van der Waals surface area contributed by atoms with Crippen LogP contribution in [0.3, 0.4) is 0 Å². The summed E-state index contributed by atoms with van der Waals surface area (Å²) in [5.74, 6) is -1.24. The Bertz CT molecular complexity index is 896. The Balaban J connectivity index is 1.61. The minimum atomic E-state index is -0.742. The number of nitrogens with one attached hydrogen (secondary N) is 1. The molecule has 11 heteroatoms. The number of carbonyl (C=O) groups is 3. The van der Waals surface area contributed by atoms with Crippen LogP contribution in [0.2, 0.25) is 0 Å². The van der Waals surface area contributed by atoms with Gasteiger partial charge in [-0.25, -0.2) is 9.79 Å². The van der Waals surface area contributed by atoms with E-state index in [0.717, 1.165) is 17.3 Å². The van der Waals surface area contributed by atoms with Gasteiger partial charge in [-0.3, -0.25) is 19.9 Å². The summed E-state index contributed by atoms with van der Waals surface area (Å²) >= 11 is 1.15. The molecule has 160 valence electrons. The summed E-state index contributed by atoms with van der Waals surface area (Å²) in [6.45, 7) is 5.20. The second-order valence-electron chi connectivity index (χ2n) is 7.61. The van der Waals surface area contributed by atoms with E-state index in [1.54, 1.807) is 20.8 Å². The molecule has 0 spiro atoms. The molecule has 0 bridgehead atoms. The molecule has 0 aliphatic carbocycles. The third-order valence-corrected chi connectivity index (χ3v) is 5.13. The van der Waals surface area contributed by atoms with Gasteiger partial charge in [-0.05, 0) is 26.3 Å². The maximum Gasteiger partial charge on any atom is 0.413 e. The summed E-state index contributed by atoms with van der Waals surface area (Å²) in [7, 11) is 0. The summed E-state index contributed by atoms with van der Waals surface area (Å²) in [5, 5.41) is 7.84. The lowest BCUT2D eigenvalue weighted by Gasteiger charge is -2.24. The lowest BCUT2D eigenvalue weighted by Crippen LogP contribution is -2.38. The molecule has 2 aliphatic rings. The molecule has 2 aliphatic heterocycles. The van der Waals surface area contributed by atoms with Gasteiger partial charge < -0.3 is 15.2 Å². The van der Waals surface area contributed by atoms with E-state index >= 15 is 0 Å². The van der Waals surface area contributed by atoms with Crippen LogP contribution in [0.4, 0.5) is 4.79 Å². The first-order valence-electron chi connectivity index (χ1n) is 9.21. The maximum atomic E-state index is 12.2. The number of hydrogen-bond donors (Lipinski definition) is 2. The first-order valence-corrected chi connectivity index (χ1v) is 10.1. The van der Waals surface area contributed by atoms with Crippen molar-refractivity contribution in [2.24, 2.45) is 15.8 Å². The molecule has 2 amide bonds. The van der Waals surface area contributed by atoms with Gasteiger partial charge in [-0.15, -0.1) is 0 Å². The Morgan fingerprint density at radius 2 is 1.93 bits per heavy atom. The minimum Gasteiger partial charge on any atom is -0.459 e. The highest BCUT2D eigenvalue weighted by Crippen LogP contribution is 2.34. The molecule has 1 aromatic rings. The molecule has 30 heavy (non-hydrogen) atoms. The number of benzene rings is 1. The van der Waals surface area contributed by atoms with Crippen LogP contribution in [0.15, 0.2) is 40.4 Å². The zero-order valence-electron chi connectivity index (χ0n) is 16.8. The first-order chi connectivity index (χ1) is 14.1. The first kappa shape index (κ1) is 21.6. The molecule has 10 nitrogen and oxygen atoms in total. The van der Waals surface area contributed by atoms with Crippen LogP contribution in [0.1, 0.15) is 26.3 Å². The summed E-state index contributed by atoms with van der Waals surface area (Å²) in [6, 6.07) is 8.54. The number of fused-ring (bicyclic) bond motifs is 1. The van der Waals surface area contributed by atoms with Crippen molar-refractivity contribution in [1.82, 2.24) is 10.3 Å². The summed E-state index contributed by atoms with van der Waals surface area (Å²) < 4.78 is 10.5. The predicted molar refractivity (Wildman–Crippen MR) is 112 cm³/mol. The summed E-state index contributed by atoms with van der Waals surface area (Å²) in [4.78, 5) is 40.3. The van der Waals surface area contributed by atoms with Gasteiger partial charge in [0, 0.05) is 0 Å². The Labute approximate surface area is 177 Å². The molecule has 1 aromatic carbocycles. The molecular formula is C19H23N5O5S. The van der Waals surface area contributed by atoms with E-state index in [-0.39, 0.29) is 24.0 Å². The highest BCUT2D eigenvalue weighted by Gasteiger charge is 2.46. The molecule has 2 unspecified atom stereocenters. The normalized spacial score (nSPS) is 20.2. The maximum absolute atomic E-state index is 12.2. The molecule has 2 heterocycles. The zero-order chi connectivity index (χ0) is 21.9. The standard InChI is InChI=1S/C19H23N5O5S/c1-19(2,3)29-12(25)9-24-16-14(13(23-24)15(20)26)21-17(30-16)22-18(27)28-10-11-7-5-4-6-8-11/h4-8,14,16H,9-10H2,1-3H3,(H2,20,26)(H,21,22,27). The van der Waals surface area contributed by atoms with Crippen molar-refractivity contribution < 1.29 is 23.9 Å². The topological polar surface area (TPSA) is 136 Å². The number of primary amides is 1. The molecule has 0 fully saturated rings. The van der Waals surface area contributed by atoms with Crippen molar-refractivity contribution in [2.75, 3.05) is 6.54 Å². The van der Waals surface area contributed by atoms with E-state index in [1.165, 1.54) is 5.01 Å². The lowest BCUT2D eigenvalue weighted by molar-refractivity contribution is -0.156. The van der Waals surface area contributed by atoms with Crippen molar-refractivity contribution in [3.05, 3.63) is 35.9 Å². The van der Waals surface area contributed by atoms with Crippen LogP contribution < -0.4 is 11.1 Å². The molecule has 0 radical (unpaired) electrons. The number of ether oxygens (including phenoxy) is 2. The number of esters is 1. The van der Waals surface area contributed by atoms with Crippen molar-refractivity contribution >= 4 is 40.6 Å². The third kappa shape index (κ3) is 5.50. The number of hydrogen-bond acceptors (Lipinski definition) is 9. The second-order valence-corrected chi connectivity index (χ2v) is 8.71. The Morgan fingerprint density at radius 1 is 1.23 bits per heavy atom. The number of thioether (sulfide) groups is 1. The van der Waals surface area contributed by atoms with Crippen molar-refractivity contribution in [1.29, 1.82) is 0 Å². The van der Waals surface area contributed by atoms with Crippen molar-refractivity contribution in [3.8, 4) is 0 Å². The number of amides is 2. The number of rotatable bonds is 5. The third-order valence-electron chi connectivity index (χ3n) is 3.95. The minimum absolute atomic E-state index is 0.0190. The van der Waals surface area contributed by atoms with Gasteiger partial charge in [0.2, 0.25) is 0 Å². The van der Waals surface area contributed by atoms with Crippen molar-refractivity contribution in [2.45, 2.75) is 44.4 Å². The van der Waals surface area contributed by atoms with E-state index in [0.29, 0.717) is 0 Å². The number of alkyl carbamates (subject to hydrolysis) is 1. The molecule has 2 atom stereocenters. The smallest absolute Gasteiger partial charge is 0.413 e. The van der Waals surface area contributed by atoms with Crippen LogP contribution in [0.5, 0.6) is 0 Å². The van der Waals surface area contributed by atoms with E-state index < -0.39 is 35.0 Å². The number of aliphatic imine (C=N–C) groups is 1. The Kier molecular flexibility index (Phi) is 6.30. The van der Waals surface area contributed by atoms with Crippen LogP contribution >= 0.6 is 11.8 Å². The van der Waals surface area contributed by atoms with Crippen LogP contribution in [0.25, 0.3) is 0 Å².